The minimum atomic E-state index is -2.07. The topological polar surface area (TPSA) is 25.0 Å². The van der Waals surface area contributed by atoms with Gasteiger partial charge in [0.15, 0.2) is 0 Å². The first kappa shape index (κ1) is 27.3. The summed E-state index contributed by atoms with van der Waals surface area (Å²) in [6.45, 7) is 23.0. The highest BCUT2D eigenvalue weighted by molar-refractivity contribution is 6.78. The summed E-state index contributed by atoms with van der Waals surface area (Å²) in [5.74, 6) is 1.09. The minimum Gasteiger partial charge on any atom is -0.542 e. The first-order valence-corrected chi connectivity index (χ1v) is 15.6. The number of H-pyrrole nitrogens is 1. The molecule has 0 atom stereocenters. The predicted octanol–water partition coefficient (Wildman–Crippen LogP) is 10.4. The summed E-state index contributed by atoms with van der Waals surface area (Å²) in [5.41, 5.74) is 9.49. The fraction of sp³-hybridized carbons (Fsp3) is 0.500. The van der Waals surface area contributed by atoms with E-state index in [1.807, 2.05) is 0 Å². The van der Waals surface area contributed by atoms with Crippen LogP contribution >= 0.6 is 0 Å². The van der Waals surface area contributed by atoms with E-state index < -0.39 is 8.32 Å². The second-order valence-corrected chi connectivity index (χ2v) is 17.0. The molecule has 2 aromatic carbocycles. The molecule has 35 heavy (non-hydrogen) atoms. The normalized spacial score (nSPS) is 13.0. The van der Waals surface area contributed by atoms with Crippen molar-refractivity contribution >= 4 is 30.1 Å². The number of aryl methyl sites for hydroxylation is 1. The van der Waals surface area contributed by atoms with Gasteiger partial charge < -0.3 is 9.41 Å². The van der Waals surface area contributed by atoms with Crippen molar-refractivity contribution in [1.82, 2.24) is 4.98 Å². The number of allylic oxidation sites excluding steroid dienone is 4. The average Bonchev–Trinajstić information content (AvgIpc) is 3.13. The lowest BCUT2D eigenvalue weighted by Crippen LogP contribution is -2.50. The SMILES string of the molecule is CC(C)=CCC/C(C)=C/Cc1c(O[Si](C(C)C)(C(C)C)C(C)C)ccc2[nH]c3ccc(C)cc3c12. The van der Waals surface area contributed by atoms with E-state index >= 15 is 0 Å². The zero-order valence-corrected chi connectivity index (χ0v) is 24.8. The molecule has 3 heteroatoms. The van der Waals surface area contributed by atoms with Gasteiger partial charge in [-0.1, -0.05) is 76.5 Å². The molecule has 0 aliphatic carbocycles. The van der Waals surface area contributed by atoms with Crippen LogP contribution in [0, 0.1) is 6.92 Å². The maximum absolute atomic E-state index is 7.31. The molecule has 1 aromatic heterocycles. The third kappa shape index (κ3) is 5.77. The van der Waals surface area contributed by atoms with Crippen LogP contribution in [0.15, 0.2) is 53.6 Å². The van der Waals surface area contributed by atoms with Crippen LogP contribution in [0.25, 0.3) is 21.8 Å². The third-order valence-electron chi connectivity index (χ3n) is 7.72. The lowest BCUT2D eigenvalue weighted by atomic mass is 10.00. The second-order valence-electron chi connectivity index (χ2n) is 11.6. The van der Waals surface area contributed by atoms with Crippen molar-refractivity contribution in [2.24, 2.45) is 0 Å². The second kappa shape index (κ2) is 11.2. The summed E-state index contributed by atoms with van der Waals surface area (Å²) >= 11 is 0. The Labute approximate surface area is 215 Å². The van der Waals surface area contributed by atoms with Crippen molar-refractivity contribution in [3.05, 3.63) is 64.8 Å². The number of hydrogen-bond acceptors (Lipinski definition) is 1. The minimum absolute atomic E-state index is 0.539. The van der Waals surface area contributed by atoms with Crippen LogP contribution < -0.4 is 4.43 Å². The van der Waals surface area contributed by atoms with Crippen molar-refractivity contribution in [2.45, 2.75) is 105 Å². The van der Waals surface area contributed by atoms with E-state index in [9.17, 15) is 0 Å². The molecule has 0 unspecified atom stereocenters. The highest BCUT2D eigenvalue weighted by Gasteiger charge is 2.47. The Kier molecular flexibility index (Phi) is 8.75. The number of hydrogen-bond donors (Lipinski definition) is 1. The number of aromatic nitrogens is 1. The third-order valence-corrected chi connectivity index (χ3v) is 13.7. The van der Waals surface area contributed by atoms with Gasteiger partial charge in [-0.3, -0.25) is 0 Å². The van der Waals surface area contributed by atoms with Gasteiger partial charge in [0.1, 0.15) is 5.75 Å². The van der Waals surface area contributed by atoms with Gasteiger partial charge in [-0.2, -0.15) is 0 Å². The van der Waals surface area contributed by atoms with E-state index in [1.54, 1.807) is 0 Å². The quantitative estimate of drug-likeness (QED) is 0.222. The molecule has 190 valence electrons. The molecular weight excluding hydrogens is 442 g/mol. The molecule has 2 nitrogen and oxygen atoms in total. The smallest absolute Gasteiger partial charge is 0.258 e. The summed E-state index contributed by atoms with van der Waals surface area (Å²) < 4.78 is 7.31. The van der Waals surface area contributed by atoms with Crippen molar-refractivity contribution < 1.29 is 4.43 Å². The van der Waals surface area contributed by atoms with E-state index in [2.05, 4.69) is 117 Å². The van der Waals surface area contributed by atoms with Gasteiger partial charge >= 0.3 is 0 Å². The van der Waals surface area contributed by atoms with Crippen LogP contribution in [0.4, 0.5) is 0 Å². The lowest BCUT2D eigenvalue weighted by Gasteiger charge is -2.42. The van der Waals surface area contributed by atoms with Crippen molar-refractivity contribution in [3.63, 3.8) is 0 Å². The molecule has 1 N–H and O–H groups in total. The van der Waals surface area contributed by atoms with Gasteiger partial charge in [0.25, 0.3) is 8.32 Å². The highest BCUT2D eigenvalue weighted by Crippen LogP contribution is 2.45. The van der Waals surface area contributed by atoms with Crippen LogP contribution in [0.2, 0.25) is 16.6 Å². The van der Waals surface area contributed by atoms with Crippen LogP contribution in [0.1, 0.15) is 86.3 Å². The van der Waals surface area contributed by atoms with Crippen molar-refractivity contribution in [1.29, 1.82) is 0 Å². The Morgan fingerprint density at radius 3 is 2.11 bits per heavy atom. The Balaban J connectivity index is 2.18. The summed E-state index contributed by atoms with van der Waals surface area (Å²) in [6, 6.07) is 11.2. The first-order chi connectivity index (χ1) is 16.5. The standard InChI is InChI=1S/C32H47NOSi/c1-21(2)12-11-13-25(9)14-16-27-31(34-35(22(3)4,23(5)6)24(7)8)19-18-30-32(27)28-20-26(10)15-17-29(28)33-30/h12,14-15,17-20,22-24,33H,11,13,16H2,1-10H3/b25-14+. The number of aromatic amines is 1. The van der Waals surface area contributed by atoms with Crippen LogP contribution in [-0.4, -0.2) is 13.3 Å². The number of rotatable bonds is 10. The van der Waals surface area contributed by atoms with E-state index in [0.717, 1.165) is 25.0 Å². The van der Waals surface area contributed by atoms with Crippen molar-refractivity contribution in [3.8, 4) is 5.75 Å². The highest BCUT2D eigenvalue weighted by atomic mass is 28.4. The van der Waals surface area contributed by atoms with E-state index in [1.165, 1.54) is 44.1 Å². The molecule has 0 saturated carbocycles. The summed E-state index contributed by atoms with van der Waals surface area (Å²) in [7, 11) is -2.07. The Morgan fingerprint density at radius 1 is 0.886 bits per heavy atom. The van der Waals surface area contributed by atoms with Crippen LogP contribution in [0.5, 0.6) is 5.75 Å². The Hall–Kier alpha value is -2.26. The summed E-state index contributed by atoms with van der Waals surface area (Å²) in [4.78, 5) is 3.67. The number of nitrogens with one attached hydrogen (secondary N) is 1. The van der Waals surface area contributed by atoms with E-state index in [4.69, 9.17) is 4.43 Å². The largest absolute Gasteiger partial charge is 0.542 e. The average molecular weight is 490 g/mol. The molecule has 1 heterocycles. The van der Waals surface area contributed by atoms with Crippen molar-refractivity contribution in [2.75, 3.05) is 0 Å². The summed E-state index contributed by atoms with van der Waals surface area (Å²) in [5, 5.41) is 2.63. The van der Waals surface area contributed by atoms with Gasteiger partial charge in [-0.05, 0) is 87.8 Å². The lowest BCUT2D eigenvalue weighted by molar-refractivity contribution is 0.476. The molecule has 0 spiro atoms. The zero-order chi connectivity index (χ0) is 25.9. The van der Waals surface area contributed by atoms with Gasteiger partial charge in [-0.25, -0.2) is 0 Å². The molecular formula is C32H47NOSi. The van der Waals surface area contributed by atoms with Gasteiger partial charge in [-0.15, -0.1) is 0 Å². The van der Waals surface area contributed by atoms with Gasteiger partial charge in [0, 0.05) is 27.4 Å². The van der Waals surface area contributed by atoms with E-state index in [0.29, 0.717) is 16.6 Å². The monoisotopic (exact) mass is 489 g/mol. The van der Waals surface area contributed by atoms with Gasteiger partial charge in [0.2, 0.25) is 0 Å². The molecule has 0 fully saturated rings. The van der Waals surface area contributed by atoms with Gasteiger partial charge in [0.05, 0.1) is 0 Å². The molecule has 0 aliphatic heterocycles. The van der Waals surface area contributed by atoms with Crippen LogP contribution in [-0.2, 0) is 6.42 Å². The zero-order valence-electron chi connectivity index (χ0n) is 23.8. The Bertz CT molecular complexity index is 1200. The maximum atomic E-state index is 7.31. The molecule has 0 amide bonds. The number of benzene rings is 2. The first-order valence-electron chi connectivity index (χ1n) is 13.5. The maximum Gasteiger partial charge on any atom is 0.258 e. The van der Waals surface area contributed by atoms with Crippen LogP contribution in [0.3, 0.4) is 0 Å². The molecule has 0 radical (unpaired) electrons. The fourth-order valence-corrected chi connectivity index (χ4v) is 11.2. The predicted molar refractivity (Wildman–Crippen MR) is 158 cm³/mol. The fourth-order valence-electron chi connectivity index (χ4n) is 5.97. The number of fused-ring (bicyclic) bond motifs is 3. The molecule has 0 saturated heterocycles. The molecule has 3 aromatic rings. The Morgan fingerprint density at radius 2 is 1.51 bits per heavy atom. The summed E-state index contributed by atoms with van der Waals surface area (Å²) in [6.07, 6.45) is 7.87. The molecule has 3 rings (SSSR count). The molecule has 0 bridgehead atoms. The molecule has 0 aliphatic rings. The van der Waals surface area contributed by atoms with E-state index in [-0.39, 0.29) is 0 Å².